The van der Waals surface area contributed by atoms with Crippen LogP contribution in [0.1, 0.15) is 17.2 Å². The largest absolute Gasteiger partial charge is 0.468 e. The van der Waals surface area contributed by atoms with Gasteiger partial charge in [0.05, 0.1) is 18.4 Å². The van der Waals surface area contributed by atoms with Crippen molar-refractivity contribution < 1.29 is 22.7 Å². The molecule has 0 saturated heterocycles. The minimum absolute atomic E-state index is 0.128. The summed E-state index contributed by atoms with van der Waals surface area (Å²) in [6.45, 7) is 0. The Morgan fingerprint density at radius 2 is 2.16 bits per heavy atom. The number of alkyl halides is 3. The molecule has 0 amide bonds. The van der Waals surface area contributed by atoms with Crippen LogP contribution in [0, 0.1) is 0 Å². The molecule has 1 unspecified atom stereocenters. The van der Waals surface area contributed by atoms with Crippen molar-refractivity contribution in [1.82, 2.24) is 0 Å². The number of carbonyl (C=O) groups is 1. The van der Waals surface area contributed by atoms with Gasteiger partial charge in [-0.1, -0.05) is 12.1 Å². The van der Waals surface area contributed by atoms with Crippen LogP contribution in [-0.2, 0) is 15.7 Å². The maximum absolute atomic E-state index is 12.5. The van der Waals surface area contributed by atoms with Gasteiger partial charge in [0.25, 0.3) is 0 Å². The third-order valence-corrected chi connectivity index (χ3v) is 3.42. The van der Waals surface area contributed by atoms with Gasteiger partial charge in [0.15, 0.2) is 0 Å². The number of thioether (sulfide) groups is 1. The summed E-state index contributed by atoms with van der Waals surface area (Å²) in [5.41, 5.74) is 5.47. The zero-order valence-electron chi connectivity index (χ0n) is 10.2. The van der Waals surface area contributed by atoms with E-state index in [1.54, 1.807) is 6.07 Å². The summed E-state index contributed by atoms with van der Waals surface area (Å²) in [6.07, 6.45) is -4.38. The van der Waals surface area contributed by atoms with Gasteiger partial charge < -0.3 is 10.5 Å². The Labute approximate surface area is 113 Å². The Hall–Kier alpha value is -1.21. The summed E-state index contributed by atoms with van der Waals surface area (Å²) >= 11 is 1.22. The number of halogens is 3. The Bertz CT molecular complexity index is 437. The lowest BCUT2D eigenvalue weighted by molar-refractivity contribution is -0.138. The second-order valence-electron chi connectivity index (χ2n) is 3.82. The Kier molecular flexibility index (Phi) is 5.68. The average molecular weight is 293 g/mol. The van der Waals surface area contributed by atoms with E-state index in [2.05, 4.69) is 4.74 Å². The van der Waals surface area contributed by atoms with Crippen molar-refractivity contribution in [3.8, 4) is 0 Å². The highest BCUT2D eigenvalue weighted by atomic mass is 32.2. The number of ether oxygens (including phenoxy) is 1. The summed E-state index contributed by atoms with van der Waals surface area (Å²) in [5.74, 6) is 0.0841. The van der Waals surface area contributed by atoms with Crippen LogP contribution in [0.3, 0.4) is 0 Å². The van der Waals surface area contributed by atoms with Crippen LogP contribution in [0.25, 0.3) is 0 Å². The normalized spacial score (nSPS) is 13.1. The highest BCUT2D eigenvalue weighted by Crippen LogP contribution is 2.30. The lowest BCUT2D eigenvalue weighted by Crippen LogP contribution is -2.16. The van der Waals surface area contributed by atoms with Gasteiger partial charge in [0.1, 0.15) is 0 Å². The summed E-state index contributed by atoms with van der Waals surface area (Å²) < 4.78 is 42.0. The van der Waals surface area contributed by atoms with Gasteiger partial charge in [-0.25, -0.2) is 0 Å². The first kappa shape index (κ1) is 15.8. The van der Waals surface area contributed by atoms with Crippen LogP contribution in [-0.4, -0.2) is 24.6 Å². The fourth-order valence-corrected chi connectivity index (χ4v) is 2.22. The monoisotopic (exact) mass is 293 g/mol. The second-order valence-corrected chi connectivity index (χ2v) is 4.85. The predicted octanol–water partition coefficient (Wildman–Crippen LogP) is 2.61. The van der Waals surface area contributed by atoms with Crippen molar-refractivity contribution in [2.24, 2.45) is 5.73 Å². The number of nitrogens with two attached hydrogens (primary N) is 1. The number of methoxy groups -OCH3 is 1. The van der Waals surface area contributed by atoms with Crippen LogP contribution >= 0.6 is 11.8 Å². The standard InChI is InChI=1S/C12H14F3NO2S/c1-18-11(17)7-19-6-10(16)8-3-2-4-9(5-8)12(13,14)15/h2-5,10H,6-7,16H2,1H3. The molecule has 2 N–H and O–H groups in total. The number of carbonyl (C=O) groups excluding carboxylic acids is 1. The summed E-state index contributed by atoms with van der Waals surface area (Å²) in [5, 5.41) is 0. The summed E-state index contributed by atoms with van der Waals surface area (Å²) in [4.78, 5) is 10.9. The first-order chi connectivity index (χ1) is 8.84. The summed E-state index contributed by atoms with van der Waals surface area (Å²) in [7, 11) is 1.27. The number of esters is 1. The zero-order valence-corrected chi connectivity index (χ0v) is 11.1. The smallest absolute Gasteiger partial charge is 0.416 e. The molecule has 3 nitrogen and oxygen atoms in total. The van der Waals surface area contributed by atoms with Crippen molar-refractivity contribution in [3.05, 3.63) is 35.4 Å². The van der Waals surface area contributed by atoms with E-state index < -0.39 is 17.8 Å². The van der Waals surface area contributed by atoms with Gasteiger partial charge in [-0.3, -0.25) is 4.79 Å². The molecule has 0 spiro atoms. The SMILES string of the molecule is COC(=O)CSCC(N)c1cccc(C(F)(F)F)c1. The molecule has 7 heteroatoms. The Morgan fingerprint density at radius 3 is 2.74 bits per heavy atom. The van der Waals surface area contributed by atoms with E-state index in [-0.39, 0.29) is 11.7 Å². The van der Waals surface area contributed by atoms with Gasteiger partial charge in [0, 0.05) is 11.8 Å². The maximum Gasteiger partial charge on any atom is 0.416 e. The fraction of sp³-hybridized carbons (Fsp3) is 0.417. The van der Waals surface area contributed by atoms with Crippen molar-refractivity contribution in [3.63, 3.8) is 0 Å². The third-order valence-electron chi connectivity index (χ3n) is 2.39. The molecule has 0 bridgehead atoms. The Morgan fingerprint density at radius 1 is 1.47 bits per heavy atom. The molecule has 0 saturated carbocycles. The molecule has 0 aliphatic heterocycles. The molecule has 1 atom stereocenters. The number of benzene rings is 1. The van der Waals surface area contributed by atoms with Crippen LogP contribution in [0.15, 0.2) is 24.3 Å². The molecule has 0 aliphatic rings. The van der Waals surface area contributed by atoms with Gasteiger partial charge in [0.2, 0.25) is 0 Å². The van der Waals surface area contributed by atoms with E-state index in [4.69, 9.17) is 5.73 Å². The lowest BCUT2D eigenvalue weighted by atomic mass is 10.1. The fourth-order valence-electron chi connectivity index (χ4n) is 1.37. The molecule has 0 aromatic heterocycles. The third kappa shape index (κ3) is 5.12. The number of rotatable bonds is 5. The highest BCUT2D eigenvalue weighted by molar-refractivity contribution is 7.99. The summed E-state index contributed by atoms with van der Waals surface area (Å²) in [6, 6.07) is 4.33. The van der Waals surface area contributed by atoms with E-state index in [9.17, 15) is 18.0 Å². The molecule has 1 rings (SSSR count). The molecule has 0 radical (unpaired) electrons. The van der Waals surface area contributed by atoms with Crippen LogP contribution in [0.2, 0.25) is 0 Å². The first-order valence-corrected chi connectivity index (χ1v) is 6.57. The number of hydrogen-bond donors (Lipinski definition) is 1. The van der Waals surface area contributed by atoms with Crippen molar-refractivity contribution in [2.45, 2.75) is 12.2 Å². The molecular formula is C12H14F3NO2S. The van der Waals surface area contributed by atoms with E-state index in [0.717, 1.165) is 12.1 Å². The van der Waals surface area contributed by atoms with Crippen LogP contribution < -0.4 is 5.73 Å². The van der Waals surface area contributed by atoms with E-state index in [0.29, 0.717) is 11.3 Å². The maximum atomic E-state index is 12.5. The average Bonchev–Trinajstić information content (AvgIpc) is 2.37. The molecule has 106 valence electrons. The minimum atomic E-state index is -4.38. The molecular weight excluding hydrogens is 279 g/mol. The molecule has 19 heavy (non-hydrogen) atoms. The van der Waals surface area contributed by atoms with E-state index in [1.807, 2.05) is 0 Å². The van der Waals surface area contributed by atoms with Crippen molar-refractivity contribution in [2.75, 3.05) is 18.6 Å². The predicted molar refractivity (Wildman–Crippen MR) is 67.7 cm³/mol. The zero-order chi connectivity index (χ0) is 14.5. The lowest BCUT2D eigenvalue weighted by Gasteiger charge is -2.14. The van der Waals surface area contributed by atoms with Crippen molar-refractivity contribution >= 4 is 17.7 Å². The Balaban J connectivity index is 2.62. The van der Waals surface area contributed by atoms with Gasteiger partial charge >= 0.3 is 12.1 Å². The van der Waals surface area contributed by atoms with Crippen molar-refractivity contribution in [1.29, 1.82) is 0 Å². The molecule has 1 aromatic rings. The van der Waals surface area contributed by atoms with E-state index in [1.165, 1.54) is 24.9 Å². The highest BCUT2D eigenvalue weighted by Gasteiger charge is 2.30. The first-order valence-electron chi connectivity index (χ1n) is 5.42. The van der Waals surface area contributed by atoms with Crippen LogP contribution in [0.5, 0.6) is 0 Å². The van der Waals surface area contributed by atoms with Gasteiger partial charge in [-0.2, -0.15) is 13.2 Å². The van der Waals surface area contributed by atoms with Crippen LogP contribution in [0.4, 0.5) is 13.2 Å². The molecule has 0 fully saturated rings. The number of hydrogen-bond acceptors (Lipinski definition) is 4. The van der Waals surface area contributed by atoms with Gasteiger partial charge in [-0.05, 0) is 17.7 Å². The molecule has 1 aromatic carbocycles. The molecule has 0 heterocycles. The van der Waals surface area contributed by atoms with E-state index >= 15 is 0 Å². The second kappa shape index (κ2) is 6.81. The molecule has 0 aliphatic carbocycles. The quantitative estimate of drug-likeness (QED) is 0.848. The topological polar surface area (TPSA) is 52.3 Å². The minimum Gasteiger partial charge on any atom is -0.468 e. The van der Waals surface area contributed by atoms with Gasteiger partial charge in [-0.15, -0.1) is 11.8 Å².